The summed E-state index contributed by atoms with van der Waals surface area (Å²) in [6.45, 7) is 1.25. The molecule has 0 aliphatic heterocycles. The van der Waals surface area contributed by atoms with Crippen LogP contribution in [0.15, 0.2) is 12.1 Å². The third-order valence-corrected chi connectivity index (χ3v) is 1.15. The van der Waals surface area contributed by atoms with E-state index in [1.54, 1.807) is 0 Å². The smallest absolute Gasteiger partial charge is 0.233 e. The monoisotopic (exact) mass is 141 g/mol. The first-order valence-electron chi connectivity index (χ1n) is 2.73. The van der Waals surface area contributed by atoms with E-state index in [4.69, 9.17) is 10.2 Å². The van der Waals surface area contributed by atoms with Gasteiger partial charge in [-0.15, -0.1) is 0 Å². The minimum Gasteiger partial charge on any atom is -0.494 e. The molecule has 1 aromatic rings. The summed E-state index contributed by atoms with van der Waals surface area (Å²) in [5.41, 5.74) is 0. The molecule has 0 aromatic carbocycles. The molecule has 4 heteroatoms. The van der Waals surface area contributed by atoms with E-state index in [9.17, 15) is 4.79 Å². The Bertz CT molecular complexity index is 244. The van der Waals surface area contributed by atoms with Crippen molar-refractivity contribution in [2.45, 2.75) is 6.92 Å². The number of nitrogens with zero attached hydrogens (tertiary/aromatic N) is 1. The molecule has 2 N–H and O–H groups in total. The zero-order valence-corrected chi connectivity index (χ0v) is 5.40. The summed E-state index contributed by atoms with van der Waals surface area (Å²) >= 11 is 0. The van der Waals surface area contributed by atoms with Crippen LogP contribution in [-0.2, 0) is 0 Å². The van der Waals surface area contributed by atoms with Gasteiger partial charge in [0.05, 0.1) is 0 Å². The minimum absolute atomic E-state index is 0.245. The number of carbonyl (C=O) groups is 1. The molecule has 0 aliphatic rings. The molecule has 4 nitrogen and oxygen atoms in total. The van der Waals surface area contributed by atoms with Crippen LogP contribution in [-0.4, -0.2) is 20.7 Å². The molecule has 0 unspecified atom stereocenters. The summed E-state index contributed by atoms with van der Waals surface area (Å²) in [6.07, 6.45) is 0. The van der Waals surface area contributed by atoms with Crippen molar-refractivity contribution in [3.8, 4) is 11.8 Å². The molecule has 10 heavy (non-hydrogen) atoms. The number of aromatic hydroxyl groups is 2. The van der Waals surface area contributed by atoms with Crippen molar-refractivity contribution in [1.29, 1.82) is 0 Å². The van der Waals surface area contributed by atoms with Crippen molar-refractivity contribution in [2.24, 2.45) is 0 Å². The first-order valence-corrected chi connectivity index (χ1v) is 2.73. The van der Waals surface area contributed by atoms with Gasteiger partial charge in [0.2, 0.25) is 17.7 Å². The summed E-state index contributed by atoms with van der Waals surface area (Å²) in [4.78, 5) is 10.6. The van der Waals surface area contributed by atoms with Gasteiger partial charge in [0, 0.05) is 19.1 Å². The third kappa shape index (κ3) is 0.834. The number of hydrogen-bond donors (Lipinski definition) is 2. The Hall–Kier alpha value is -1.45. The van der Waals surface area contributed by atoms with E-state index < -0.39 is 5.91 Å². The molecule has 0 atom stereocenters. The van der Waals surface area contributed by atoms with E-state index in [0.717, 1.165) is 4.57 Å². The van der Waals surface area contributed by atoms with Gasteiger partial charge >= 0.3 is 0 Å². The predicted octanol–water partition coefficient (Wildman–Crippen LogP) is 0.559. The van der Waals surface area contributed by atoms with Crippen molar-refractivity contribution in [3.63, 3.8) is 0 Å². The second-order valence-electron chi connectivity index (χ2n) is 1.90. The Labute approximate surface area is 57.3 Å². The first kappa shape index (κ1) is 6.67. The van der Waals surface area contributed by atoms with Gasteiger partial charge in [-0.2, -0.15) is 0 Å². The highest BCUT2D eigenvalue weighted by atomic mass is 16.3. The zero-order valence-electron chi connectivity index (χ0n) is 5.40. The second kappa shape index (κ2) is 2.06. The standard InChI is InChI=1S/C6H7NO3/c1-4(8)7-5(9)2-3-6(7)10/h2-3,9-10H,1H3. The summed E-state index contributed by atoms with van der Waals surface area (Å²) in [6, 6.07) is 2.49. The third-order valence-electron chi connectivity index (χ3n) is 1.15. The van der Waals surface area contributed by atoms with Crippen LogP contribution in [0.1, 0.15) is 11.7 Å². The van der Waals surface area contributed by atoms with Crippen molar-refractivity contribution < 1.29 is 15.0 Å². The molecule has 0 saturated heterocycles. The van der Waals surface area contributed by atoms with Gasteiger partial charge in [0.25, 0.3) is 0 Å². The lowest BCUT2D eigenvalue weighted by Gasteiger charge is -1.98. The molecule has 0 fully saturated rings. The molecule has 1 aromatic heterocycles. The molecular weight excluding hydrogens is 134 g/mol. The van der Waals surface area contributed by atoms with Crippen LogP contribution in [0.25, 0.3) is 0 Å². The van der Waals surface area contributed by atoms with Gasteiger partial charge < -0.3 is 10.2 Å². The summed E-state index contributed by atoms with van der Waals surface area (Å²) < 4.78 is 0.806. The summed E-state index contributed by atoms with van der Waals surface area (Å²) in [5.74, 6) is -0.907. The van der Waals surface area contributed by atoms with E-state index in [0.29, 0.717) is 0 Å². The normalized spacial score (nSPS) is 9.70. The van der Waals surface area contributed by atoms with Crippen LogP contribution in [0, 0.1) is 0 Å². The van der Waals surface area contributed by atoms with Gasteiger partial charge in [-0.25, -0.2) is 4.57 Å². The molecule has 0 radical (unpaired) electrons. The fourth-order valence-corrected chi connectivity index (χ4v) is 0.738. The van der Waals surface area contributed by atoms with Gasteiger partial charge in [-0.1, -0.05) is 0 Å². The molecule has 1 heterocycles. The van der Waals surface area contributed by atoms with E-state index >= 15 is 0 Å². The quantitative estimate of drug-likeness (QED) is 0.554. The highest BCUT2D eigenvalue weighted by Gasteiger charge is 2.07. The van der Waals surface area contributed by atoms with E-state index in [-0.39, 0.29) is 11.8 Å². The molecule has 0 saturated carbocycles. The SMILES string of the molecule is CC(=O)n1c(O)ccc1O. The molecule has 1 rings (SSSR count). The number of rotatable bonds is 0. The maximum absolute atomic E-state index is 10.6. The fraction of sp³-hybridized carbons (Fsp3) is 0.167. The van der Waals surface area contributed by atoms with Crippen molar-refractivity contribution >= 4 is 5.91 Å². The molecule has 0 amide bonds. The van der Waals surface area contributed by atoms with Crippen LogP contribution in [0.3, 0.4) is 0 Å². The molecular formula is C6H7NO3. The number of aromatic nitrogens is 1. The molecule has 54 valence electrons. The van der Waals surface area contributed by atoms with Crippen molar-refractivity contribution in [1.82, 2.24) is 4.57 Å². The first-order chi connectivity index (χ1) is 4.63. The lowest BCUT2D eigenvalue weighted by atomic mass is 10.6. The van der Waals surface area contributed by atoms with Crippen molar-refractivity contribution in [2.75, 3.05) is 0 Å². The minimum atomic E-state index is -0.417. The second-order valence-corrected chi connectivity index (χ2v) is 1.90. The molecule has 0 spiro atoms. The average molecular weight is 141 g/mol. The summed E-state index contributed by atoms with van der Waals surface area (Å²) in [7, 11) is 0. The maximum Gasteiger partial charge on any atom is 0.233 e. The topological polar surface area (TPSA) is 62.5 Å². The molecule has 0 aliphatic carbocycles. The van der Waals surface area contributed by atoms with Crippen LogP contribution < -0.4 is 0 Å². The van der Waals surface area contributed by atoms with Crippen LogP contribution >= 0.6 is 0 Å². The number of carbonyl (C=O) groups excluding carboxylic acids is 1. The van der Waals surface area contributed by atoms with Crippen LogP contribution in [0.2, 0.25) is 0 Å². The van der Waals surface area contributed by atoms with E-state index in [1.807, 2.05) is 0 Å². The van der Waals surface area contributed by atoms with Gasteiger partial charge in [0.1, 0.15) is 0 Å². The largest absolute Gasteiger partial charge is 0.494 e. The van der Waals surface area contributed by atoms with E-state index in [1.165, 1.54) is 19.1 Å². The fourth-order valence-electron chi connectivity index (χ4n) is 0.738. The van der Waals surface area contributed by atoms with Gasteiger partial charge in [-0.05, 0) is 0 Å². The number of hydrogen-bond acceptors (Lipinski definition) is 3. The predicted molar refractivity (Wildman–Crippen MR) is 34.1 cm³/mol. The average Bonchev–Trinajstić information content (AvgIpc) is 2.11. The summed E-state index contributed by atoms with van der Waals surface area (Å²) in [5, 5.41) is 17.8. The Balaban J connectivity index is 3.23. The lowest BCUT2D eigenvalue weighted by molar-refractivity contribution is 0.0918. The Morgan fingerprint density at radius 2 is 1.80 bits per heavy atom. The van der Waals surface area contributed by atoms with Crippen LogP contribution in [0.4, 0.5) is 0 Å². The lowest BCUT2D eigenvalue weighted by Crippen LogP contribution is -2.02. The highest BCUT2D eigenvalue weighted by Crippen LogP contribution is 2.19. The van der Waals surface area contributed by atoms with Crippen LogP contribution in [0.5, 0.6) is 11.8 Å². The Morgan fingerprint density at radius 1 is 1.40 bits per heavy atom. The molecule has 0 bridgehead atoms. The van der Waals surface area contributed by atoms with Gasteiger partial charge in [0.15, 0.2) is 0 Å². The Morgan fingerprint density at radius 3 is 2.00 bits per heavy atom. The maximum atomic E-state index is 10.6. The van der Waals surface area contributed by atoms with Gasteiger partial charge in [-0.3, -0.25) is 4.79 Å². The zero-order chi connectivity index (χ0) is 7.72. The van der Waals surface area contributed by atoms with E-state index in [2.05, 4.69) is 0 Å². The van der Waals surface area contributed by atoms with Crippen molar-refractivity contribution in [3.05, 3.63) is 12.1 Å². The Kier molecular flexibility index (Phi) is 1.37. The highest BCUT2D eigenvalue weighted by molar-refractivity contribution is 5.79.